The molecule has 0 radical (unpaired) electrons. The van der Waals surface area contributed by atoms with Gasteiger partial charge in [-0.15, -0.1) is 0 Å². The van der Waals surface area contributed by atoms with E-state index in [2.05, 4.69) is 37.2 Å². The molecule has 0 aliphatic carbocycles. The van der Waals surface area contributed by atoms with Crippen LogP contribution in [0.2, 0.25) is 0 Å². The van der Waals surface area contributed by atoms with Gasteiger partial charge in [0.25, 0.3) is 0 Å². The highest BCUT2D eigenvalue weighted by molar-refractivity contribution is 5.97. The van der Waals surface area contributed by atoms with Gasteiger partial charge < -0.3 is 47.1 Å². The zero-order chi connectivity index (χ0) is 46.1. The fraction of sp³-hybridized carbons (Fsp3) is 0.682. The molecule has 0 aromatic heterocycles. The number of rotatable bonds is 13. The van der Waals surface area contributed by atoms with E-state index in [4.69, 9.17) is 4.74 Å². The first-order chi connectivity index (χ1) is 28.5. The van der Waals surface area contributed by atoms with Gasteiger partial charge in [-0.2, -0.15) is 0 Å². The molecule has 8 unspecified atom stereocenters. The molecule has 8 N–H and O–H groups in total. The average molecular weight is 858 g/mol. The number of carbonyl (C=O) groups is 8. The summed E-state index contributed by atoms with van der Waals surface area (Å²) in [7, 11) is 0. The van der Waals surface area contributed by atoms with E-state index in [1.165, 1.54) is 32.9 Å². The smallest absolute Gasteiger partial charge is 0.328 e. The summed E-state index contributed by atoms with van der Waals surface area (Å²) in [5, 5.41) is 28.6. The Morgan fingerprint density at radius 3 is 1.48 bits per heavy atom. The monoisotopic (exact) mass is 858 g/mol. The minimum Gasteiger partial charge on any atom is -0.508 e. The van der Waals surface area contributed by atoms with Crippen molar-refractivity contribution in [1.82, 2.24) is 37.2 Å². The first-order valence-electron chi connectivity index (χ1n) is 21.6. The third-order valence-corrected chi connectivity index (χ3v) is 10.0. The normalized spacial score (nSPS) is 25.7. The van der Waals surface area contributed by atoms with Gasteiger partial charge in [0.2, 0.25) is 41.4 Å². The molecule has 61 heavy (non-hydrogen) atoms. The van der Waals surface area contributed by atoms with Crippen LogP contribution in [-0.4, -0.2) is 101 Å². The van der Waals surface area contributed by atoms with Crippen LogP contribution in [0.25, 0.3) is 0 Å². The molecule has 342 valence electrons. The Balaban J connectivity index is 2.67. The summed E-state index contributed by atoms with van der Waals surface area (Å²) in [6.45, 7) is 19.3. The summed E-state index contributed by atoms with van der Waals surface area (Å²) >= 11 is 0. The van der Waals surface area contributed by atoms with Crippen molar-refractivity contribution in [3.05, 3.63) is 29.8 Å². The van der Waals surface area contributed by atoms with Crippen LogP contribution in [0.1, 0.15) is 120 Å². The van der Waals surface area contributed by atoms with Gasteiger partial charge in [0, 0.05) is 12.8 Å². The Kier molecular flexibility index (Phi) is 21.2. The second-order valence-corrected chi connectivity index (χ2v) is 17.9. The van der Waals surface area contributed by atoms with E-state index in [0.29, 0.717) is 17.9 Å². The molecule has 17 heteroatoms. The van der Waals surface area contributed by atoms with Gasteiger partial charge in [0.15, 0.2) is 0 Å². The van der Waals surface area contributed by atoms with E-state index in [-0.39, 0.29) is 55.6 Å². The Hall–Kier alpha value is -5.22. The van der Waals surface area contributed by atoms with Crippen LogP contribution in [0.15, 0.2) is 24.3 Å². The lowest BCUT2D eigenvalue weighted by atomic mass is 9.98. The summed E-state index contributed by atoms with van der Waals surface area (Å²) in [6.07, 6.45) is 0.534. The molecule has 1 heterocycles. The van der Waals surface area contributed by atoms with Gasteiger partial charge in [-0.25, -0.2) is 4.79 Å². The number of hydrogen-bond donors (Lipinski definition) is 8. The predicted molar refractivity (Wildman–Crippen MR) is 229 cm³/mol. The Morgan fingerprint density at radius 1 is 0.590 bits per heavy atom. The van der Waals surface area contributed by atoms with Crippen molar-refractivity contribution in [2.24, 2.45) is 23.7 Å². The zero-order valence-corrected chi connectivity index (χ0v) is 37.8. The average Bonchev–Trinajstić information content (AvgIpc) is 3.15. The molecule has 1 aliphatic heterocycles. The Morgan fingerprint density at radius 2 is 1.02 bits per heavy atom. The highest BCUT2D eigenvalue weighted by atomic mass is 16.5. The van der Waals surface area contributed by atoms with Crippen LogP contribution in [0.5, 0.6) is 5.75 Å². The molecule has 7 amide bonds. The molecule has 1 saturated heterocycles. The fourth-order valence-electron chi connectivity index (χ4n) is 6.71. The largest absolute Gasteiger partial charge is 0.508 e. The maximum atomic E-state index is 14.1. The number of carbonyl (C=O) groups excluding carboxylic acids is 8. The van der Waals surface area contributed by atoms with Crippen LogP contribution < -0.4 is 37.2 Å². The molecule has 1 aromatic rings. The number of benzene rings is 1. The van der Waals surface area contributed by atoms with Crippen LogP contribution in [-0.2, 0) is 49.5 Å². The van der Waals surface area contributed by atoms with Crippen LogP contribution in [0, 0.1) is 23.7 Å². The van der Waals surface area contributed by atoms with Crippen LogP contribution in [0.4, 0.5) is 0 Å². The zero-order valence-electron chi connectivity index (χ0n) is 37.8. The summed E-state index contributed by atoms with van der Waals surface area (Å²) in [4.78, 5) is 110. The number of ether oxygens (including phenoxy) is 1. The molecule has 2 rings (SSSR count). The molecule has 1 aromatic carbocycles. The number of esters is 1. The van der Waals surface area contributed by atoms with E-state index >= 15 is 0 Å². The summed E-state index contributed by atoms with van der Waals surface area (Å²) in [5.41, 5.74) is 0.556. The second kappa shape index (κ2) is 24.9. The number of nitrogens with one attached hydrogen (secondary N) is 7. The summed E-state index contributed by atoms with van der Waals surface area (Å²) < 4.78 is 5.63. The van der Waals surface area contributed by atoms with Gasteiger partial charge in [-0.3, -0.25) is 33.6 Å². The van der Waals surface area contributed by atoms with E-state index < -0.39 is 95.7 Å². The first-order valence-corrected chi connectivity index (χ1v) is 21.6. The Bertz CT molecular complexity index is 1670. The van der Waals surface area contributed by atoms with Crippen molar-refractivity contribution in [2.45, 2.75) is 170 Å². The van der Waals surface area contributed by atoms with E-state index in [1.807, 2.05) is 55.4 Å². The van der Waals surface area contributed by atoms with Crippen molar-refractivity contribution >= 4 is 47.3 Å². The van der Waals surface area contributed by atoms with Gasteiger partial charge in [0.1, 0.15) is 54.1 Å². The molecule has 17 nitrogen and oxygen atoms in total. The van der Waals surface area contributed by atoms with Crippen molar-refractivity contribution in [3.63, 3.8) is 0 Å². The van der Waals surface area contributed by atoms with E-state index in [0.717, 1.165) is 6.42 Å². The molecule has 0 bridgehead atoms. The third kappa shape index (κ3) is 18.5. The summed E-state index contributed by atoms with van der Waals surface area (Å²) in [5.74, 6) is -5.74. The highest BCUT2D eigenvalue weighted by Crippen LogP contribution is 2.15. The SMILES string of the molecule is CC(C)CCCC(=O)NC1C(=O)NC(C)C(=O)NC(Cc2ccc(O)cc2)C(=O)NC(CC(C)C)C(=O)NC(CC(C)C)C(=O)NC(CC(C)C)C(=O)NC(C)C(=O)OC1C. The molecule has 1 fully saturated rings. The number of hydrogen-bond acceptors (Lipinski definition) is 10. The highest BCUT2D eigenvalue weighted by Gasteiger charge is 2.36. The van der Waals surface area contributed by atoms with Gasteiger partial charge in [-0.05, 0) is 87.8 Å². The Labute approximate surface area is 360 Å². The molecule has 0 spiro atoms. The minimum absolute atomic E-state index is 0.0168. The lowest BCUT2D eigenvalue weighted by Gasteiger charge is -2.30. The van der Waals surface area contributed by atoms with Crippen molar-refractivity contribution in [2.75, 3.05) is 0 Å². The quantitative estimate of drug-likeness (QED) is 0.135. The lowest BCUT2D eigenvalue weighted by Crippen LogP contribution is -2.61. The molecular formula is C44H71N7O10. The fourth-order valence-corrected chi connectivity index (χ4v) is 6.71. The third-order valence-electron chi connectivity index (χ3n) is 10.0. The summed E-state index contributed by atoms with van der Waals surface area (Å²) in [6, 6.07) is -2.71. The number of cyclic esters (lactones) is 1. The number of phenolic OH excluding ortho intramolecular Hbond substituents is 1. The van der Waals surface area contributed by atoms with Crippen molar-refractivity contribution < 1.29 is 48.2 Å². The second-order valence-electron chi connectivity index (χ2n) is 17.9. The maximum absolute atomic E-state index is 14.1. The molecular weight excluding hydrogens is 787 g/mol. The van der Waals surface area contributed by atoms with Crippen LogP contribution in [0.3, 0.4) is 0 Å². The molecule has 8 atom stereocenters. The number of amides is 7. The van der Waals surface area contributed by atoms with Crippen molar-refractivity contribution in [3.8, 4) is 5.75 Å². The van der Waals surface area contributed by atoms with Crippen molar-refractivity contribution in [1.29, 1.82) is 0 Å². The first kappa shape index (κ1) is 51.9. The van der Waals surface area contributed by atoms with E-state index in [1.54, 1.807) is 12.1 Å². The van der Waals surface area contributed by atoms with Crippen LogP contribution >= 0.6 is 0 Å². The lowest BCUT2D eigenvalue weighted by molar-refractivity contribution is -0.155. The van der Waals surface area contributed by atoms with E-state index in [9.17, 15) is 43.5 Å². The molecule has 1 aliphatic rings. The van der Waals surface area contributed by atoms with Gasteiger partial charge in [-0.1, -0.05) is 73.9 Å². The number of phenols is 1. The number of aromatic hydroxyl groups is 1. The minimum atomic E-state index is -1.47. The topological polar surface area (TPSA) is 250 Å². The van der Waals surface area contributed by atoms with Gasteiger partial charge >= 0.3 is 5.97 Å². The maximum Gasteiger partial charge on any atom is 0.328 e. The molecule has 0 saturated carbocycles. The van der Waals surface area contributed by atoms with Gasteiger partial charge in [0.05, 0.1) is 0 Å². The predicted octanol–water partition coefficient (Wildman–Crippen LogP) is 2.28. The standard InChI is InChI=1S/C44H71N7O10/c1-23(2)13-12-14-36(53)51-37-29(11)61-44(60)28(10)46-39(55)32(19-24(3)4)48-40(56)33(20-25(5)6)49-41(57)34(21-26(7)8)50-42(58)35(22-30-15-17-31(52)18-16-30)47-38(54)27(9)45-43(37)59/h15-18,23-29,32-35,37,52H,12-14,19-22H2,1-11H3,(H,45,59)(H,46,55)(H,47,54)(H,48,56)(H,49,57)(H,50,58)(H,51,53).